The van der Waals surface area contributed by atoms with Gasteiger partial charge in [-0.3, -0.25) is 0 Å². The molecule has 0 saturated heterocycles. The molecule has 0 aliphatic rings. The summed E-state index contributed by atoms with van der Waals surface area (Å²) in [6.07, 6.45) is 5.48. The van der Waals surface area contributed by atoms with Gasteiger partial charge in [-0.2, -0.15) is 0 Å². The van der Waals surface area contributed by atoms with Gasteiger partial charge in [-0.15, -0.1) is 11.3 Å². The normalized spacial score (nSPS) is 15.3. The molecule has 2 N–H and O–H groups in total. The maximum Gasteiger partial charge on any atom is 0.108 e. The van der Waals surface area contributed by atoms with Crippen LogP contribution in [0.5, 0.6) is 0 Å². The number of aliphatic hydroxyl groups is 1. The quantitative estimate of drug-likeness (QED) is 0.728. The number of nitrogens with zero attached hydrogens (tertiary/aromatic N) is 2. The Kier molecular flexibility index (Phi) is 4.61. The Morgan fingerprint density at radius 1 is 1.30 bits per heavy atom. The Balaban J connectivity index is 1.63. The fraction of sp³-hybridized carbons (Fsp3) is 0.278. The van der Waals surface area contributed by atoms with Crippen molar-refractivity contribution in [3.63, 3.8) is 0 Å². The number of nitrogens with one attached hydrogen (secondary N) is 1. The molecule has 5 heteroatoms. The largest absolute Gasteiger partial charge is 0.383 e. The average molecular weight is 327 g/mol. The molecule has 0 aliphatic carbocycles. The highest BCUT2D eigenvalue weighted by atomic mass is 32.1. The third-order valence-electron chi connectivity index (χ3n) is 4.00. The van der Waals surface area contributed by atoms with Crippen molar-refractivity contribution in [3.05, 3.63) is 70.9 Å². The first kappa shape index (κ1) is 15.9. The Morgan fingerprint density at radius 3 is 2.70 bits per heavy atom. The summed E-state index contributed by atoms with van der Waals surface area (Å²) in [4.78, 5) is 5.04. The minimum absolute atomic E-state index is 0.165. The first-order valence-corrected chi connectivity index (χ1v) is 8.52. The van der Waals surface area contributed by atoms with Crippen LogP contribution >= 0.6 is 11.3 Å². The molecule has 23 heavy (non-hydrogen) atoms. The molecule has 2 heterocycles. The van der Waals surface area contributed by atoms with Gasteiger partial charge in [-0.25, -0.2) is 4.98 Å². The maximum atomic E-state index is 10.6. The highest BCUT2D eigenvalue weighted by Crippen LogP contribution is 2.25. The van der Waals surface area contributed by atoms with Crippen LogP contribution in [0.15, 0.2) is 60.5 Å². The molecule has 0 amide bonds. The van der Waals surface area contributed by atoms with Crippen LogP contribution < -0.4 is 5.32 Å². The standard InChI is InChI=1S/C18H21N3OS/c1-14(20-12-18(2,22)17-4-3-11-23-17)15-5-7-16(8-6-15)21-10-9-19-13-21/h3-11,13-14,20,22H,12H2,1-2H3. The second-order valence-electron chi connectivity index (χ2n) is 5.92. The number of imidazole rings is 1. The Labute approximate surface area is 140 Å². The lowest BCUT2D eigenvalue weighted by Gasteiger charge is -2.25. The van der Waals surface area contributed by atoms with Gasteiger partial charge in [-0.05, 0) is 43.0 Å². The van der Waals surface area contributed by atoms with Crippen molar-refractivity contribution < 1.29 is 5.11 Å². The van der Waals surface area contributed by atoms with Crippen LogP contribution in [0.3, 0.4) is 0 Å². The molecule has 2 unspecified atom stereocenters. The van der Waals surface area contributed by atoms with Crippen LogP contribution in [0.4, 0.5) is 0 Å². The van der Waals surface area contributed by atoms with Crippen LogP contribution in [-0.2, 0) is 5.60 Å². The zero-order valence-corrected chi connectivity index (χ0v) is 14.1. The Hall–Kier alpha value is -1.95. The van der Waals surface area contributed by atoms with Crippen LogP contribution in [-0.4, -0.2) is 21.2 Å². The topological polar surface area (TPSA) is 50.1 Å². The molecule has 2 atom stereocenters. The Bertz CT molecular complexity index is 718. The number of hydrogen-bond acceptors (Lipinski definition) is 4. The van der Waals surface area contributed by atoms with Gasteiger partial charge < -0.3 is 15.0 Å². The summed E-state index contributed by atoms with van der Waals surface area (Å²) in [6.45, 7) is 4.47. The van der Waals surface area contributed by atoms with E-state index in [-0.39, 0.29) is 6.04 Å². The average Bonchev–Trinajstić information content (AvgIpc) is 3.26. The smallest absolute Gasteiger partial charge is 0.108 e. The molecule has 0 bridgehead atoms. The van der Waals surface area contributed by atoms with Gasteiger partial charge in [0.05, 0.1) is 6.33 Å². The van der Waals surface area contributed by atoms with E-state index in [9.17, 15) is 5.11 Å². The van der Waals surface area contributed by atoms with Gasteiger partial charge in [-0.1, -0.05) is 18.2 Å². The van der Waals surface area contributed by atoms with Crippen molar-refractivity contribution in [3.8, 4) is 5.69 Å². The van der Waals surface area contributed by atoms with Crippen molar-refractivity contribution in [2.45, 2.75) is 25.5 Å². The van der Waals surface area contributed by atoms with Crippen molar-refractivity contribution in [1.29, 1.82) is 0 Å². The first-order chi connectivity index (χ1) is 11.1. The second kappa shape index (κ2) is 6.66. The fourth-order valence-corrected chi connectivity index (χ4v) is 3.28. The number of aromatic nitrogens is 2. The van der Waals surface area contributed by atoms with Gasteiger partial charge in [0.25, 0.3) is 0 Å². The monoisotopic (exact) mass is 327 g/mol. The molecular formula is C18H21N3OS. The third kappa shape index (κ3) is 3.69. The highest BCUT2D eigenvalue weighted by Gasteiger charge is 2.24. The molecule has 3 rings (SSSR count). The molecular weight excluding hydrogens is 306 g/mol. The van der Waals surface area contributed by atoms with Gasteiger partial charge in [0.15, 0.2) is 0 Å². The minimum Gasteiger partial charge on any atom is -0.383 e. The summed E-state index contributed by atoms with van der Waals surface area (Å²) in [7, 11) is 0. The summed E-state index contributed by atoms with van der Waals surface area (Å²) in [5.41, 5.74) is 1.43. The SMILES string of the molecule is CC(NCC(C)(O)c1cccs1)c1ccc(-n2ccnc2)cc1. The maximum absolute atomic E-state index is 10.6. The molecule has 1 aromatic carbocycles. The van der Waals surface area contributed by atoms with Gasteiger partial charge in [0, 0.05) is 35.5 Å². The summed E-state index contributed by atoms with van der Waals surface area (Å²) in [6, 6.07) is 12.5. The molecule has 0 aliphatic heterocycles. The highest BCUT2D eigenvalue weighted by molar-refractivity contribution is 7.10. The van der Waals surface area contributed by atoms with E-state index in [1.54, 1.807) is 23.9 Å². The molecule has 0 spiro atoms. The first-order valence-electron chi connectivity index (χ1n) is 7.64. The molecule has 4 nitrogen and oxygen atoms in total. The molecule has 2 aromatic heterocycles. The lowest BCUT2D eigenvalue weighted by Crippen LogP contribution is -2.36. The lowest BCUT2D eigenvalue weighted by molar-refractivity contribution is 0.0581. The summed E-state index contributed by atoms with van der Waals surface area (Å²) >= 11 is 1.58. The minimum atomic E-state index is -0.848. The van der Waals surface area contributed by atoms with Crippen molar-refractivity contribution in [2.24, 2.45) is 0 Å². The zero-order chi connectivity index (χ0) is 16.3. The van der Waals surface area contributed by atoms with Crippen LogP contribution in [0.1, 0.15) is 30.3 Å². The van der Waals surface area contributed by atoms with E-state index in [4.69, 9.17) is 0 Å². The molecule has 0 radical (unpaired) electrons. The third-order valence-corrected chi connectivity index (χ3v) is 5.12. The van der Waals surface area contributed by atoms with E-state index in [0.29, 0.717) is 6.54 Å². The van der Waals surface area contributed by atoms with Crippen LogP contribution in [0, 0.1) is 0 Å². The second-order valence-corrected chi connectivity index (χ2v) is 6.86. The number of benzene rings is 1. The van der Waals surface area contributed by atoms with Gasteiger partial charge in [0.2, 0.25) is 0 Å². The Morgan fingerprint density at radius 2 is 2.09 bits per heavy atom. The predicted molar refractivity (Wildman–Crippen MR) is 93.9 cm³/mol. The van der Waals surface area contributed by atoms with E-state index in [2.05, 4.69) is 41.5 Å². The van der Waals surface area contributed by atoms with Crippen molar-refractivity contribution in [2.75, 3.05) is 6.54 Å². The lowest BCUT2D eigenvalue weighted by atomic mass is 10.0. The van der Waals surface area contributed by atoms with Crippen LogP contribution in [0.25, 0.3) is 5.69 Å². The van der Waals surface area contributed by atoms with Crippen molar-refractivity contribution >= 4 is 11.3 Å². The summed E-state index contributed by atoms with van der Waals surface area (Å²) < 4.78 is 1.98. The van der Waals surface area contributed by atoms with Crippen molar-refractivity contribution in [1.82, 2.24) is 14.9 Å². The molecule has 3 aromatic rings. The van der Waals surface area contributed by atoms with Gasteiger partial charge in [0.1, 0.15) is 5.60 Å². The summed E-state index contributed by atoms with van der Waals surface area (Å²) in [5, 5.41) is 16.0. The zero-order valence-electron chi connectivity index (χ0n) is 13.3. The van der Waals surface area contributed by atoms with E-state index < -0.39 is 5.60 Å². The van der Waals surface area contributed by atoms with E-state index in [0.717, 1.165) is 10.6 Å². The van der Waals surface area contributed by atoms with Gasteiger partial charge >= 0.3 is 0 Å². The fourth-order valence-electron chi connectivity index (χ4n) is 2.49. The molecule has 120 valence electrons. The number of rotatable bonds is 6. The van der Waals surface area contributed by atoms with E-state index >= 15 is 0 Å². The molecule has 0 fully saturated rings. The van der Waals surface area contributed by atoms with E-state index in [1.165, 1.54) is 5.56 Å². The van der Waals surface area contributed by atoms with Crippen LogP contribution in [0.2, 0.25) is 0 Å². The predicted octanol–water partition coefficient (Wildman–Crippen LogP) is 3.49. The van der Waals surface area contributed by atoms with E-state index in [1.807, 2.05) is 35.2 Å². The molecule has 0 saturated carbocycles. The number of hydrogen-bond donors (Lipinski definition) is 2. The summed E-state index contributed by atoms with van der Waals surface area (Å²) in [5.74, 6) is 0. The number of thiophene rings is 1.